The largest absolute Gasteiger partial charge is 0.381 e. The third kappa shape index (κ3) is 2.01. The summed E-state index contributed by atoms with van der Waals surface area (Å²) in [4.78, 5) is 17.3. The van der Waals surface area contributed by atoms with E-state index in [1.54, 1.807) is 12.3 Å². The van der Waals surface area contributed by atoms with Crippen LogP contribution in [0.4, 0.5) is 0 Å². The highest BCUT2D eigenvalue weighted by molar-refractivity contribution is 5.94. The van der Waals surface area contributed by atoms with Gasteiger partial charge in [0.2, 0.25) is 0 Å². The van der Waals surface area contributed by atoms with Gasteiger partial charge >= 0.3 is 0 Å². The fraction of sp³-hybridized carbons (Fsp3) is 0.600. The molecule has 1 atom stereocenters. The molecule has 1 unspecified atom stereocenters. The van der Waals surface area contributed by atoms with E-state index < -0.39 is 0 Å². The molecular weight excluding hydrogens is 254 g/mol. The van der Waals surface area contributed by atoms with Crippen LogP contribution in [-0.2, 0) is 4.74 Å². The van der Waals surface area contributed by atoms with E-state index in [-0.39, 0.29) is 17.4 Å². The second-order valence-electron chi connectivity index (χ2n) is 5.81. The van der Waals surface area contributed by atoms with Crippen LogP contribution in [0.5, 0.6) is 0 Å². The molecule has 2 aliphatic heterocycles. The van der Waals surface area contributed by atoms with E-state index >= 15 is 0 Å². The van der Waals surface area contributed by atoms with Crippen molar-refractivity contribution in [2.75, 3.05) is 19.8 Å². The van der Waals surface area contributed by atoms with Gasteiger partial charge in [-0.05, 0) is 37.7 Å². The Kier molecular flexibility index (Phi) is 3.27. The molecule has 2 aliphatic rings. The number of hydrogen-bond donors (Lipinski definition) is 1. The van der Waals surface area contributed by atoms with Gasteiger partial charge in [-0.1, -0.05) is 0 Å². The quantitative estimate of drug-likeness (QED) is 0.850. The summed E-state index contributed by atoms with van der Waals surface area (Å²) >= 11 is 0. The topological polar surface area (TPSA) is 69.1 Å². The van der Waals surface area contributed by atoms with Gasteiger partial charge in [-0.2, -0.15) is 5.26 Å². The lowest BCUT2D eigenvalue weighted by Gasteiger charge is -2.38. The lowest BCUT2D eigenvalue weighted by Crippen LogP contribution is -2.43. The number of ether oxygens (including phenoxy) is 1. The van der Waals surface area contributed by atoms with E-state index in [4.69, 9.17) is 10.00 Å². The van der Waals surface area contributed by atoms with Crippen LogP contribution in [0.25, 0.3) is 0 Å². The predicted molar refractivity (Wildman–Crippen MR) is 73.1 cm³/mol. The fourth-order valence-corrected chi connectivity index (χ4v) is 3.55. The average molecular weight is 273 g/mol. The van der Waals surface area contributed by atoms with Gasteiger partial charge in [0.1, 0.15) is 11.8 Å². The second kappa shape index (κ2) is 4.95. The number of nitrogens with zero attached hydrogens (tertiary/aromatic N) is 2. The number of nitriles is 1. The van der Waals surface area contributed by atoms with Crippen molar-refractivity contribution < 1.29 is 9.53 Å². The molecular formula is C15H19N3O2. The molecule has 20 heavy (non-hydrogen) atoms. The summed E-state index contributed by atoms with van der Waals surface area (Å²) in [5.41, 5.74) is 1.24. The van der Waals surface area contributed by atoms with Gasteiger partial charge in [-0.15, -0.1) is 0 Å². The molecule has 1 spiro atoms. The fourth-order valence-electron chi connectivity index (χ4n) is 3.55. The van der Waals surface area contributed by atoms with Crippen LogP contribution in [-0.4, -0.2) is 41.6 Å². The number of carbonyl (C=O) groups excluding carboxylic acids is 1. The molecule has 5 nitrogen and oxygen atoms in total. The maximum absolute atomic E-state index is 12.6. The zero-order valence-electron chi connectivity index (χ0n) is 11.7. The summed E-state index contributed by atoms with van der Waals surface area (Å²) in [7, 11) is 0. The number of carbonyl (C=O) groups is 1. The standard InChI is InChI=1S/C15H19N3O2/c1-11-15(3-6-20-7-4-15)2-5-18(11)14(19)12-8-13(9-16)17-10-12/h8,10-11,17H,2-7H2,1H3. The number of likely N-dealkylation sites (tertiary alicyclic amines) is 1. The molecule has 0 aliphatic carbocycles. The van der Waals surface area contributed by atoms with E-state index in [0.717, 1.165) is 39.0 Å². The molecule has 0 aromatic carbocycles. The van der Waals surface area contributed by atoms with Crippen molar-refractivity contribution in [1.82, 2.24) is 9.88 Å². The minimum absolute atomic E-state index is 0.0265. The molecule has 2 fully saturated rings. The minimum atomic E-state index is 0.0265. The van der Waals surface area contributed by atoms with Gasteiger partial charge in [-0.3, -0.25) is 4.79 Å². The highest BCUT2D eigenvalue weighted by Gasteiger charge is 2.47. The summed E-state index contributed by atoms with van der Waals surface area (Å²) in [6.07, 6.45) is 4.75. The number of aromatic amines is 1. The summed E-state index contributed by atoms with van der Waals surface area (Å²) < 4.78 is 5.46. The smallest absolute Gasteiger partial charge is 0.255 e. The number of hydrogen-bond acceptors (Lipinski definition) is 3. The molecule has 0 bridgehead atoms. The van der Waals surface area contributed by atoms with Crippen molar-refractivity contribution in [2.45, 2.75) is 32.2 Å². The number of H-pyrrole nitrogens is 1. The molecule has 1 N–H and O–H groups in total. The highest BCUT2D eigenvalue weighted by atomic mass is 16.5. The van der Waals surface area contributed by atoms with Gasteiger partial charge in [-0.25, -0.2) is 0 Å². The summed E-state index contributed by atoms with van der Waals surface area (Å²) in [6.45, 7) is 4.55. The van der Waals surface area contributed by atoms with Gasteiger partial charge in [0.05, 0.1) is 5.56 Å². The van der Waals surface area contributed by atoms with Crippen LogP contribution in [0.1, 0.15) is 42.2 Å². The normalized spacial score (nSPS) is 24.8. The Balaban J connectivity index is 1.78. The third-order valence-electron chi connectivity index (χ3n) is 5.00. The third-order valence-corrected chi connectivity index (χ3v) is 5.00. The molecule has 3 rings (SSSR count). The zero-order valence-corrected chi connectivity index (χ0v) is 11.7. The van der Waals surface area contributed by atoms with Gasteiger partial charge in [0.25, 0.3) is 5.91 Å². The first-order valence-electron chi connectivity index (χ1n) is 7.13. The van der Waals surface area contributed by atoms with Crippen LogP contribution < -0.4 is 0 Å². The maximum Gasteiger partial charge on any atom is 0.255 e. The van der Waals surface area contributed by atoms with Gasteiger partial charge < -0.3 is 14.6 Å². The van der Waals surface area contributed by atoms with Crippen LogP contribution in [0.15, 0.2) is 12.3 Å². The lowest BCUT2D eigenvalue weighted by atomic mass is 9.74. The SMILES string of the molecule is CC1N(C(=O)c2c[nH]c(C#N)c2)CCC12CCOCC2. The van der Waals surface area contributed by atoms with E-state index in [1.165, 1.54) is 0 Å². The summed E-state index contributed by atoms with van der Waals surface area (Å²) in [5.74, 6) is 0.0265. The number of rotatable bonds is 1. The first-order valence-corrected chi connectivity index (χ1v) is 7.13. The second-order valence-corrected chi connectivity index (χ2v) is 5.81. The first kappa shape index (κ1) is 13.2. The Morgan fingerprint density at radius 1 is 1.50 bits per heavy atom. The Hall–Kier alpha value is -1.80. The van der Waals surface area contributed by atoms with Crippen molar-refractivity contribution >= 4 is 5.91 Å². The Morgan fingerprint density at radius 3 is 2.90 bits per heavy atom. The summed E-state index contributed by atoms with van der Waals surface area (Å²) in [6, 6.07) is 3.88. The molecule has 0 radical (unpaired) electrons. The van der Waals surface area contributed by atoms with E-state index in [0.29, 0.717) is 11.3 Å². The number of aromatic nitrogens is 1. The van der Waals surface area contributed by atoms with Gasteiger partial charge in [0, 0.05) is 32.0 Å². The van der Waals surface area contributed by atoms with E-state index in [2.05, 4.69) is 11.9 Å². The zero-order chi connectivity index (χ0) is 14.2. The molecule has 3 heterocycles. The average Bonchev–Trinajstić information content (AvgIpc) is 3.07. The van der Waals surface area contributed by atoms with Gasteiger partial charge in [0.15, 0.2) is 0 Å². The molecule has 1 amide bonds. The van der Waals surface area contributed by atoms with Crippen molar-refractivity contribution in [2.24, 2.45) is 5.41 Å². The maximum atomic E-state index is 12.6. The lowest BCUT2D eigenvalue weighted by molar-refractivity contribution is 0.000176. The molecule has 1 aromatic rings. The Bertz CT molecular complexity index is 552. The Labute approximate surface area is 118 Å². The van der Waals surface area contributed by atoms with E-state index in [1.807, 2.05) is 11.0 Å². The van der Waals surface area contributed by atoms with Crippen LogP contribution in [0.2, 0.25) is 0 Å². The van der Waals surface area contributed by atoms with Crippen LogP contribution in [0, 0.1) is 16.7 Å². The molecule has 0 saturated carbocycles. The molecule has 2 saturated heterocycles. The first-order chi connectivity index (χ1) is 9.66. The molecule has 1 aromatic heterocycles. The Morgan fingerprint density at radius 2 is 2.25 bits per heavy atom. The number of nitrogens with one attached hydrogen (secondary N) is 1. The minimum Gasteiger partial charge on any atom is -0.381 e. The van der Waals surface area contributed by atoms with E-state index in [9.17, 15) is 4.79 Å². The monoisotopic (exact) mass is 273 g/mol. The van der Waals surface area contributed by atoms with Crippen LogP contribution in [0.3, 0.4) is 0 Å². The van der Waals surface area contributed by atoms with Crippen molar-refractivity contribution in [3.8, 4) is 6.07 Å². The molecule has 5 heteroatoms. The predicted octanol–water partition coefficient (Wildman–Crippen LogP) is 1.92. The summed E-state index contributed by atoms with van der Waals surface area (Å²) in [5, 5.41) is 8.83. The number of amides is 1. The van der Waals surface area contributed by atoms with Crippen molar-refractivity contribution in [3.63, 3.8) is 0 Å². The van der Waals surface area contributed by atoms with Crippen molar-refractivity contribution in [3.05, 3.63) is 23.5 Å². The highest BCUT2D eigenvalue weighted by Crippen LogP contribution is 2.45. The van der Waals surface area contributed by atoms with Crippen LogP contribution >= 0.6 is 0 Å². The molecule has 106 valence electrons. The van der Waals surface area contributed by atoms with Crippen molar-refractivity contribution in [1.29, 1.82) is 5.26 Å².